The van der Waals surface area contributed by atoms with Crippen molar-refractivity contribution in [2.75, 3.05) is 12.4 Å². The summed E-state index contributed by atoms with van der Waals surface area (Å²) >= 11 is 1.53. The Morgan fingerprint density at radius 1 is 1.47 bits per heavy atom. The van der Waals surface area contributed by atoms with Gasteiger partial charge in [-0.25, -0.2) is 0 Å². The molecule has 0 heterocycles. The second kappa shape index (κ2) is 6.93. The van der Waals surface area contributed by atoms with E-state index >= 15 is 0 Å². The Balaban J connectivity index is 1.75. The van der Waals surface area contributed by atoms with Gasteiger partial charge in [-0.05, 0) is 25.5 Å². The normalized spacial score (nSPS) is 25.7. The molecule has 2 rings (SSSR count). The van der Waals surface area contributed by atoms with E-state index in [0.717, 1.165) is 11.3 Å². The fourth-order valence-electron chi connectivity index (χ4n) is 2.12. The predicted molar refractivity (Wildman–Crippen MR) is 77.1 cm³/mol. The maximum atomic E-state index is 11.9. The average molecular weight is 280 g/mol. The Morgan fingerprint density at radius 2 is 2.21 bits per heavy atom. The molecule has 1 amide bonds. The van der Waals surface area contributed by atoms with Gasteiger partial charge < -0.3 is 15.8 Å². The standard InChI is InChI=1S/C14H20N2O2S/c1-2-18-12-8-11(15)14(12)16-13(17)9-19-10-6-4-3-5-7-10/h3-7,11-12,14H,2,8-9,15H2,1H3,(H,16,17). The van der Waals surface area contributed by atoms with E-state index in [1.54, 1.807) is 0 Å². The third kappa shape index (κ3) is 3.96. The molecule has 0 bridgehead atoms. The molecule has 1 aromatic rings. The van der Waals surface area contributed by atoms with Crippen LogP contribution in [0.25, 0.3) is 0 Å². The van der Waals surface area contributed by atoms with E-state index in [2.05, 4.69) is 5.32 Å². The quantitative estimate of drug-likeness (QED) is 0.773. The number of thioether (sulfide) groups is 1. The number of carbonyl (C=O) groups is 1. The van der Waals surface area contributed by atoms with Gasteiger partial charge >= 0.3 is 0 Å². The summed E-state index contributed by atoms with van der Waals surface area (Å²) in [5.74, 6) is 0.421. The number of hydrogen-bond donors (Lipinski definition) is 2. The van der Waals surface area contributed by atoms with Crippen molar-refractivity contribution in [3.05, 3.63) is 30.3 Å². The summed E-state index contributed by atoms with van der Waals surface area (Å²) in [7, 11) is 0. The van der Waals surface area contributed by atoms with Crippen molar-refractivity contribution in [3.8, 4) is 0 Å². The molecule has 1 aliphatic rings. The Kier molecular flexibility index (Phi) is 5.24. The molecule has 4 nitrogen and oxygen atoms in total. The van der Waals surface area contributed by atoms with Gasteiger partial charge in [0.25, 0.3) is 0 Å². The number of benzene rings is 1. The molecular weight excluding hydrogens is 260 g/mol. The summed E-state index contributed by atoms with van der Waals surface area (Å²) in [6.07, 6.45) is 0.899. The molecule has 0 saturated heterocycles. The van der Waals surface area contributed by atoms with Crippen molar-refractivity contribution < 1.29 is 9.53 Å². The van der Waals surface area contributed by atoms with Gasteiger partial charge in [0.05, 0.1) is 17.9 Å². The van der Waals surface area contributed by atoms with Crippen LogP contribution in [0.4, 0.5) is 0 Å². The molecule has 1 saturated carbocycles. The first-order valence-electron chi connectivity index (χ1n) is 6.55. The minimum atomic E-state index is -0.0381. The molecule has 0 radical (unpaired) electrons. The third-order valence-corrected chi connectivity index (χ3v) is 4.20. The number of rotatable bonds is 6. The van der Waals surface area contributed by atoms with Crippen molar-refractivity contribution in [2.24, 2.45) is 5.73 Å². The lowest BCUT2D eigenvalue weighted by molar-refractivity contribution is -0.123. The molecule has 0 aliphatic heterocycles. The number of amides is 1. The van der Waals surface area contributed by atoms with Crippen molar-refractivity contribution in [3.63, 3.8) is 0 Å². The van der Waals surface area contributed by atoms with Crippen molar-refractivity contribution in [1.82, 2.24) is 5.32 Å². The van der Waals surface area contributed by atoms with E-state index in [9.17, 15) is 4.79 Å². The topological polar surface area (TPSA) is 64.3 Å². The lowest BCUT2D eigenvalue weighted by Crippen LogP contribution is -2.65. The summed E-state index contributed by atoms with van der Waals surface area (Å²) < 4.78 is 5.52. The van der Waals surface area contributed by atoms with Crippen LogP contribution in [0.5, 0.6) is 0 Å². The fourth-order valence-corrected chi connectivity index (χ4v) is 2.85. The lowest BCUT2D eigenvalue weighted by Gasteiger charge is -2.42. The van der Waals surface area contributed by atoms with Gasteiger partial charge in [0.2, 0.25) is 5.91 Å². The maximum Gasteiger partial charge on any atom is 0.230 e. The van der Waals surface area contributed by atoms with Crippen LogP contribution in [0.3, 0.4) is 0 Å². The Hall–Kier alpha value is -1.04. The summed E-state index contributed by atoms with van der Waals surface area (Å²) in [6, 6.07) is 9.86. The molecule has 19 heavy (non-hydrogen) atoms. The van der Waals surface area contributed by atoms with Gasteiger partial charge in [0.1, 0.15) is 0 Å². The van der Waals surface area contributed by atoms with Gasteiger partial charge in [-0.15, -0.1) is 11.8 Å². The van der Waals surface area contributed by atoms with Crippen LogP contribution in [-0.4, -0.2) is 36.5 Å². The van der Waals surface area contributed by atoms with Gasteiger partial charge in [-0.3, -0.25) is 4.79 Å². The molecule has 3 unspecified atom stereocenters. The number of carbonyl (C=O) groups excluding carboxylic acids is 1. The Morgan fingerprint density at radius 3 is 2.84 bits per heavy atom. The minimum absolute atomic E-state index is 0.0127. The lowest BCUT2D eigenvalue weighted by atomic mass is 9.83. The molecule has 0 spiro atoms. The van der Waals surface area contributed by atoms with E-state index in [1.165, 1.54) is 11.8 Å². The molecule has 1 aromatic carbocycles. The predicted octanol–water partition coefficient (Wildman–Crippen LogP) is 1.40. The summed E-state index contributed by atoms with van der Waals surface area (Å²) in [4.78, 5) is 13.0. The monoisotopic (exact) mass is 280 g/mol. The molecule has 5 heteroatoms. The first kappa shape index (κ1) is 14.4. The molecular formula is C14H20N2O2S. The average Bonchev–Trinajstić information content (AvgIpc) is 2.43. The van der Waals surface area contributed by atoms with Crippen LogP contribution in [0.1, 0.15) is 13.3 Å². The van der Waals surface area contributed by atoms with Crippen molar-refractivity contribution in [2.45, 2.75) is 36.4 Å². The van der Waals surface area contributed by atoms with Gasteiger partial charge in [0.15, 0.2) is 0 Å². The number of nitrogens with one attached hydrogen (secondary N) is 1. The van der Waals surface area contributed by atoms with Gasteiger partial charge in [0, 0.05) is 17.5 Å². The fraction of sp³-hybridized carbons (Fsp3) is 0.500. The summed E-state index contributed by atoms with van der Waals surface area (Å²) in [5.41, 5.74) is 5.90. The first-order valence-corrected chi connectivity index (χ1v) is 7.53. The Labute approximate surface area is 118 Å². The van der Waals surface area contributed by atoms with Crippen molar-refractivity contribution >= 4 is 17.7 Å². The zero-order valence-corrected chi connectivity index (χ0v) is 11.9. The van der Waals surface area contributed by atoms with E-state index in [-0.39, 0.29) is 24.1 Å². The van der Waals surface area contributed by atoms with Gasteiger partial charge in [-0.2, -0.15) is 0 Å². The van der Waals surface area contributed by atoms with E-state index in [0.29, 0.717) is 12.4 Å². The summed E-state index contributed by atoms with van der Waals surface area (Å²) in [5, 5.41) is 2.96. The summed E-state index contributed by atoms with van der Waals surface area (Å²) in [6.45, 7) is 2.61. The van der Waals surface area contributed by atoms with Crippen LogP contribution in [-0.2, 0) is 9.53 Å². The second-order valence-electron chi connectivity index (χ2n) is 4.59. The SMILES string of the molecule is CCOC1CC(N)C1NC(=O)CSc1ccccc1. The molecule has 0 aromatic heterocycles. The molecule has 104 valence electrons. The molecule has 3 atom stereocenters. The zero-order chi connectivity index (χ0) is 13.7. The molecule has 1 fully saturated rings. The molecule has 1 aliphatic carbocycles. The molecule has 3 N–H and O–H groups in total. The van der Waals surface area contributed by atoms with Crippen LogP contribution in [0.2, 0.25) is 0 Å². The largest absolute Gasteiger partial charge is 0.376 e. The first-order chi connectivity index (χ1) is 9.20. The van der Waals surface area contributed by atoms with E-state index in [4.69, 9.17) is 10.5 Å². The second-order valence-corrected chi connectivity index (χ2v) is 5.64. The van der Waals surface area contributed by atoms with Gasteiger partial charge in [-0.1, -0.05) is 18.2 Å². The van der Waals surface area contributed by atoms with Crippen molar-refractivity contribution in [1.29, 1.82) is 0 Å². The highest BCUT2D eigenvalue weighted by Crippen LogP contribution is 2.23. The number of hydrogen-bond acceptors (Lipinski definition) is 4. The number of ether oxygens (including phenoxy) is 1. The third-order valence-electron chi connectivity index (χ3n) is 3.19. The van der Waals surface area contributed by atoms with E-state index < -0.39 is 0 Å². The number of nitrogens with two attached hydrogens (primary N) is 1. The highest BCUT2D eigenvalue weighted by Gasteiger charge is 2.40. The minimum Gasteiger partial charge on any atom is -0.376 e. The Bertz CT molecular complexity index is 411. The van der Waals surface area contributed by atoms with E-state index in [1.807, 2.05) is 37.3 Å². The van der Waals surface area contributed by atoms with Crippen LogP contribution >= 0.6 is 11.8 Å². The van der Waals surface area contributed by atoms with Crippen LogP contribution < -0.4 is 11.1 Å². The highest BCUT2D eigenvalue weighted by atomic mass is 32.2. The van der Waals surface area contributed by atoms with Crippen LogP contribution in [0.15, 0.2) is 35.2 Å². The maximum absolute atomic E-state index is 11.9. The van der Waals surface area contributed by atoms with Crippen LogP contribution in [0, 0.1) is 0 Å². The zero-order valence-electron chi connectivity index (χ0n) is 11.0. The highest BCUT2D eigenvalue weighted by molar-refractivity contribution is 8.00. The smallest absolute Gasteiger partial charge is 0.230 e.